The van der Waals surface area contributed by atoms with Gasteiger partial charge in [-0.3, -0.25) is 19.9 Å². The topological polar surface area (TPSA) is 96.9 Å². The zero-order valence-corrected chi connectivity index (χ0v) is 12.6. The number of hydrogen-bond donors (Lipinski definition) is 2. The van der Waals surface area contributed by atoms with Gasteiger partial charge in [0.25, 0.3) is 11.8 Å². The van der Waals surface area contributed by atoms with Crippen LogP contribution in [0.25, 0.3) is 0 Å². The lowest BCUT2D eigenvalue weighted by molar-refractivity contribution is 0.101. The molecule has 23 heavy (non-hydrogen) atoms. The number of rotatable bonds is 4. The van der Waals surface area contributed by atoms with E-state index >= 15 is 0 Å². The maximum absolute atomic E-state index is 12.0. The quantitative estimate of drug-likeness (QED) is 0.768. The molecule has 3 rings (SSSR count). The Kier molecular flexibility index (Phi) is 4.34. The first-order chi connectivity index (χ1) is 11.2. The van der Waals surface area contributed by atoms with Crippen LogP contribution in [0.2, 0.25) is 0 Å². The van der Waals surface area contributed by atoms with Gasteiger partial charge in [-0.1, -0.05) is 17.4 Å². The van der Waals surface area contributed by atoms with E-state index in [9.17, 15) is 9.59 Å². The van der Waals surface area contributed by atoms with Crippen molar-refractivity contribution in [3.05, 3.63) is 65.4 Å². The normalized spacial score (nSPS) is 10.1. The largest absolute Gasteiger partial charge is 0.321 e. The van der Waals surface area contributed by atoms with E-state index < -0.39 is 0 Å². The van der Waals surface area contributed by atoms with Crippen molar-refractivity contribution in [1.29, 1.82) is 0 Å². The van der Waals surface area contributed by atoms with E-state index in [-0.39, 0.29) is 11.8 Å². The van der Waals surface area contributed by atoms with E-state index in [1.54, 1.807) is 48.7 Å². The van der Waals surface area contributed by atoms with E-state index in [2.05, 4.69) is 25.8 Å². The molecule has 0 saturated carbocycles. The van der Waals surface area contributed by atoms with Gasteiger partial charge in [0.15, 0.2) is 0 Å². The third-order valence-corrected chi connectivity index (χ3v) is 3.49. The van der Waals surface area contributed by atoms with Crippen molar-refractivity contribution in [3.63, 3.8) is 0 Å². The van der Waals surface area contributed by atoms with Crippen LogP contribution in [0.1, 0.15) is 20.8 Å². The van der Waals surface area contributed by atoms with Gasteiger partial charge in [-0.2, -0.15) is 0 Å². The van der Waals surface area contributed by atoms with Crippen LogP contribution in [0, 0.1) is 0 Å². The van der Waals surface area contributed by atoms with Crippen LogP contribution in [-0.2, 0) is 0 Å². The molecule has 2 heterocycles. The number of amides is 2. The van der Waals surface area contributed by atoms with E-state index in [1.165, 1.54) is 16.8 Å². The number of pyridine rings is 1. The predicted octanol–water partition coefficient (Wildman–Crippen LogP) is 2.44. The average molecular weight is 325 g/mol. The summed E-state index contributed by atoms with van der Waals surface area (Å²) in [5, 5.41) is 13.2. The van der Waals surface area contributed by atoms with Crippen molar-refractivity contribution in [2.75, 3.05) is 10.6 Å². The summed E-state index contributed by atoms with van der Waals surface area (Å²) >= 11 is 1.24. The lowest BCUT2D eigenvalue weighted by atomic mass is 10.2. The number of aromatic nitrogens is 3. The molecule has 0 aliphatic heterocycles. The zero-order chi connectivity index (χ0) is 16.1. The van der Waals surface area contributed by atoms with Gasteiger partial charge < -0.3 is 5.32 Å². The molecule has 0 radical (unpaired) electrons. The van der Waals surface area contributed by atoms with E-state index in [0.29, 0.717) is 22.1 Å². The summed E-state index contributed by atoms with van der Waals surface area (Å²) in [5.74, 6) is -0.596. The summed E-state index contributed by atoms with van der Waals surface area (Å²) in [6.45, 7) is 0. The third kappa shape index (κ3) is 3.74. The SMILES string of the molecule is O=C(Nc1nncs1)c1ccc(NC(=O)c2ccccn2)cc1. The molecule has 114 valence electrons. The second-order valence-corrected chi connectivity index (χ2v) is 5.28. The number of hydrogen-bond acceptors (Lipinski definition) is 6. The minimum atomic E-state index is -0.309. The summed E-state index contributed by atoms with van der Waals surface area (Å²) in [6.07, 6.45) is 1.55. The minimum absolute atomic E-state index is 0.288. The standard InChI is InChI=1S/C15H11N5O2S/c21-13(19-15-20-17-9-23-15)10-4-6-11(7-5-10)18-14(22)12-3-1-2-8-16-12/h1-9H,(H,18,22)(H,19,20,21). The zero-order valence-electron chi connectivity index (χ0n) is 11.8. The van der Waals surface area contributed by atoms with Crippen LogP contribution >= 0.6 is 11.3 Å². The second-order valence-electron chi connectivity index (χ2n) is 4.44. The Labute approximate surface area is 135 Å². The van der Waals surface area contributed by atoms with Gasteiger partial charge in [0.1, 0.15) is 11.2 Å². The fourth-order valence-corrected chi connectivity index (χ4v) is 2.23. The number of nitrogens with zero attached hydrogens (tertiary/aromatic N) is 3. The average Bonchev–Trinajstić information content (AvgIpc) is 3.09. The monoisotopic (exact) mass is 325 g/mol. The van der Waals surface area contributed by atoms with Crippen molar-refractivity contribution < 1.29 is 9.59 Å². The lowest BCUT2D eigenvalue weighted by Gasteiger charge is -2.06. The first kappa shape index (κ1) is 14.8. The highest BCUT2D eigenvalue weighted by Crippen LogP contribution is 2.14. The highest BCUT2D eigenvalue weighted by molar-refractivity contribution is 7.13. The molecular formula is C15H11N5O2S. The second kappa shape index (κ2) is 6.75. The molecule has 1 aromatic carbocycles. The Balaban J connectivity index is 1.65. The molecule has 8 heteroatoms. The molecule has 2 N–H and O–H groups in total. The maximum Gasteiger partial charge on any atom is 0.274 e. The highest BCUT2D eigenvalue weighted by atomic mass is 32.1. The Bertz CT molecular complexity index is 804. The van der Waals surface area contributed by atoms with Crippen molar-refractivity contribution in [2.45, 2.75) is 0 Å². The predicted molar refractivity (Wildman–Crippen MR) is 86.5 cm³/mol. The van der Waals surface area contributed by atoms with Gasteiger partial charge >= 0.3 is 0 Å². The number of benzene rings is 1. The van der Waals surface area contributed by atoms with Gasteiger partial charge in [-0.25, -0.2) is 0 Å². The molecule has 0 saturated heterocycles. The minimum Gasteiger partial charge on any atom is -0.321 e. The molecule has 0 unspecified atom stereocenters. The molecule has 2 amide bonds. The number of nitrogens with one attached hydrogen (secondary N) is 2. The lowest BCUT2D eigenvalue weighted by Crippen LogP contribution is -2.14. The van der Waals surface area contributed by atoms with Crippen LogP contribution in [0.15, 0.2) is 54.2 Å². The summed E-state index contributed by atoms with van der Waals surface area (Å²) in [4.78, 5) is 27.9. The molecule has 0 bridgehead atoms. The third-order valence-electron chi connectivity index (χ3n) is 2.88. The van der Waals surface area contributed by atoms with Crippen molar-refractivity contribution >= 4 is 34.0 Å². The molecule has 3 aromatic rings. The first-order valence-electron chi connectivity index (χ1n) is 6.62. The van der Waals surface area contributed by atoms with Crippen molar-refractivity contribution in [1.82, 2.24) is 15.2 Å². The van der Waals surface area contributed by atoms with Crippen LogP contribution in [0.3, 0.4) is 0 Å². The van der Waals surface area contributed by atoms with Crippen LogP contribution in [-0.4, -0.2) is 27.0 Å². The maximum atomic E-state index is 12.0. The van der Waals surface area contributed by atoms with E-state index in [0.717, 1.165) is 0 Å². The molecule has 7 nitrogen and oxygen atoms in total. The number of carbonyl (C=O) groups excluding carboxylic acids is 2. The molecule has 2 aromatic heterocycles. The van der Waals surface area contributed by atoms with Gasteiger partial charge in [-0.15, -0.1) is 10.2 Å². The van der Waals surface area contributed by atoms with Gasteiger partial charge in [0, 0.05) is 17.4 Å². The summed E-state index contributed by atoms with van der Waals surface area (Å²) < 4.78 is 0. The summed E-state index contributed by atoms with van der Waals surface area (Å²) in [7, 11) is 0. The highest BCUT2D eigenvalue weighted by Gasteiger charge is 2.10. The Morgan fingerprint density at radius 3 is 2.43 bits per heavy atom. The molecular weight excluding hydrogens is 314 g/mol. The fraction of sp³-hybridized carbons (Fsp3) is 0. The van der Waals surface area contributed by atoms with Crippen LogP contribution in [0.4, 0.5) is 10.8 Å². The summed E-state index contributed by atoms with van der Waals surface area (Å²) in [6, 6.07) is 11.6. The first-order valence-corrected chi connectivity index (χ1v) is 7.50. The van der Waals surface area contributed by atoms with Gasteiger partial charge in [0.05, 0.1) is 0 Å². The fourth-order valence-electron chi connectivity index (χ4n) is 1.79. The van der Waals surface area contributed by atoms with E-state index in [4.69, 9.17) is 0 Å². The van der Waals surface area contributed by atoms with E-state index in [1.807, 2.05) is 0 Å². The van der Waals surface area contributed by atoms with Crippen LogP contribution < -0.4 is 10.6 Å². The molecule has 0 aliphatic carbocycles. The number of anilines is 2. The molecule has 0 atom stereocenters. The van der Waals surface area contributed by atoms with Gasteiger partial charge in [-0.05, 0) is 36.4 Å². The number of carbonyl (C=O) groups is 2. The van der Waals surface area contributed by atoms with Gasteiger partial charge in [0.2, 0.25) is 5.13 Å². The van der Waals surface area contributed by atoms with Crippen LogP contribution in [0.5, 0.6) is 0 Å². The van der Waals surface area contributed by atoms with Crippen molar-refractivity contribution in [3.8, 4) is 0 Å². The molecule has 0 aliphatic rings. The van der Waals surface area contributed by atoms with Crippen molar-refractivity contribution in [2.24, 2.45) is 0 Å². The smallest absolute Gasteiger partial charge is 0.274 e. The molecule has 0 fully saturated rings. The summed E-state index contributed by atoms with van der Waals surface area (Å²) in [5.41, 5.74) is 2.89. The Hall–Kier alpha value is -3.13. The Morgan fingerprint density at radius 1 is 0.957 bits per heavy atom. The Morgan fingerprint density at radius 2 is 1.78 bits per heavy atom. The molecule has 0 spiro atoms.